The number of hydrogen-bond donors (Lipinski definition) is 2. The molecule has 6 nitrogen and oxygen atoms in total. The number of nitrogens with zero attached hydrogens (tertiary/aromatic N) is 1. The molecule has 0 unspecified atom stereocenters. The maximum atomic E-state index is 11.7. The molecule has 1 aromatic heterocycles. The first-order valence-corrected chi connectivity index (χ1v) is 7.14. The van der Waals surface area contributed by atoms with Gasteiger partial charge < -0.3 is 15.0 Å². The fourth-order valence-corrected chi connectivity index (χ4v) is 1.99. The second kappa shape index (κ2) is 7.97. The fourth-order valence-electron chi connectivity index (χ4n) is 1.99. The Morgan fingerprint density at radius 3 is 2.95 bits per heavy atom. The normalized spacial score (nSPS) is 11.0. The van der Waals surface area contributed by atoms with Crippen LogP contribution in [0.25, 0.3) is 11.0 Å². The number of fused-ring (bicyclic) bond motifs is 1. The standard InChI is InChI=1S/C16H19N3O3/c1-22-16(21)8-4-5-11-17-15(20)10-9-14-18-12-6-2-3-7-13(12)19-14/h2-4,6-8H,5,9-11H2,1H3,(H,17,20)(H,18,19)/b8-4+. The zero-order chi connectivity index (χ0) is 15.8. The van der Waals surface area contributed by atoms with Crippen LogP contribution in [-0.4, -0.2) is 35.5 Å². The van der Waals surface area contributed by atoms with E-state index in [-0.39, 0.29) is 5.91 Å². The number of imidazole rings is 1. The summed E-state index contributed by atoms with van der Waals surface area (Å²) in [5, 5.41) is 2.79. The van der Waals surface area contributed by atoms with Crippen LogP contribution in [0.5, 0.6) is 0 Å². The van der Waals surface area contributed by atoms with Gasteiger partial charge in [0, 0.05) is 25.5 Å². The Labute approximate surface area is 128 Å². The molecule has 0 aliphatic heterocycles. The van der Waals surface area contributed by atoms with Crippen LogP contribution in [0.2, 0.25) is 0 Å². The molecule has 6 heteroatoms. The smallest absolute Gasteiger partial charge is 0.330 e. The number of nitrogens with one attached hydrogen (secondary N) is 2. The molecular formula is C16H19N3O3. The third kappa shape index (κ3) is 4.73. The zero-order valence-electron chi connectivity index (χ0n) is 12.5. The Morgan fingerprint density at radius 1 is 1.36 bits per heavy atom. The maximum absolute atomic E-state index is 11.7. The van der Waals surface area contributed by atoms with Crippen LogP contribution in [0.4, 0.5) is 0 Å². The van der Waals surface area contributed by atoms with E-state index in [9.17, 15) is 9.59 Å². The summed E-state index contributed by atoms with van der Waals surface area (Å²) in [5.41, 5.74) is 1.89. The summed E-state index contributed by atoms with van der Waals surface area (Å²) >= 11 is 0. The second-order valence-corrected chi connectivity index (χ2v) is 4.76. The van der Waals surface area contributed by atoms with E-state index in [2.05, 4.69) is 20.0 Å². The number of methoxy groups -OCH3 is 1. The number of para-hydroxylation sites is 2. The van der Waals surface area contributed by atoms with Crippen molar-refractivity contribution in [1.82, 2.24) is 15.3 Å². The van der Waals surface area contributed by atoms with Gasteiger partial charge in [-0.1, -0.05) is 18.2 Å². The number of hydrogen-bond acceptors (Lipinski definition) is 4. The number of aryl methyl sites for hydroxylation is 1. The Balaban J connectivity index is 1.69. The van der Waals surface area contributed by atoms with Crippen LogP contribution in [0, 0.1) is 0 Å². The lowest BCUT2D eigenvalue weighted by Gasteiger charge is -2.02. The van der Waals surface area contributed by atoms with E-state index in [0.717, 1.165) is 16.9 Å². The van der Waals surface area contributed by atoms with Crippen molar-refractivity contribution in [2.45, 2.75) is 19.3 Å². The topological polar surface area (TPSA) is 84.1 Å². The minimum atomic E-state index is -0.392. The van der Waals surface area contributed by atoms with Crippen molar-refractivity contribution in [3.8, 4) is 0 Å². The van der Waals surface area contributed by atoms with Crippen molar-refractivity contribution in [3.63, 3.8) is 0 Å². The van der Waals surface area contributed by atoms with E-state index < -0.39 is 5.97 Å². The van der Waals surface area contributed by atoms with Gasteiger partial charge in [-0.2, -0.15) is 0 Å². The molecule has 0 bridgehead atoms. The van der Waals surface area contributed by atoms with Gasteiger partial charge in [-0.25, -0.2) is 9.78 Å². The van der Waals surface area contributed by atoms with Crippen molar-refractivity contribution in [2.24, 2.45) is 0 Å². The third-order valence-corrected chi connectivity index (χ3v) is 3.12. The number of carbonyl (C=O) groups is 2. The molecule has 0 aliphatic rings. The number of benzene rings is 1. The minimum absolute atomic E-state index is 0.0353. The molecule has 1 amide bonds. The largest absolute Gasteiger partial charge is 0.466 e. The first kappa shape index (κ1) is 15.8. The highest BCUT2D eigenvalue weighted by Gasteiger charge is 2.05. The average Bonchev–Trinajstić information content (AvgIpc) is 2.95. The van der Waals surface area contributed by atoms with Crippen LogP contribution in [0.3, 0.4) is 0 Å². The lowest BCUT2D eigenvalue weighted by Crippen LogP contribution is -2.24. The van der Waals surface area contributed by atoms with E-state index in [4.69, 9.17) is 0 Å². The molecule has 0 saturated carbocycles. The van der Waals surface area contributed by atoms with Crippen LogP contribution in [0.15, 0.2) is 36.4 Å². The molecule has 0 atom stereocenters. The molecule has 0 aliphatic carbocycles. The summed E-state index contributed by atoms with van der Waals surface area (Å²) in [6.45, 7) is 0.493. The molecular weight excluding hydrogens is 282 g/mol. The van der Waals surface area contributed by atoms with Crippen molar-refractivity contribution in [2.75, 3.05) is 13.7 Å². The molecule has 2 N–H and O–H groups in total. The van der Waals surface area contributed by atoms with Gasteiger partial charge in [0.25, 0.3) is 0 Å². The van der Waals surface area contributed by atoms with Crippen LogP contribution in [-0.2, 0) is 20.7 Å². The summed E-state index contributed by atoms with van der Waals surface area (Å²) in [4.78, 5) is 30.2. The molecule has 0 radical (unpaired) electrons. The highest BCUT2D eigenvalue weighted by atomic mass is 16.5. The van der Waals surface area contributed by atoms with E-state index >= 15 is 0 Å². The highest BCUT2D eigenvalue weighted by molar-refractivity contribution is 5.81. The molecule has 2 aromatic rings. The highest BCUT2D eigenvalue weighted by Crippen LogP contribution is 2.11. The Hall–Kier alpha value is -2.63. The summed E-state index contributed by atoms with van der Waals surface area (Å²) in [6, 6.07) is 7.77. The number of amides is 1. The van der Waals surface area contributed by atoms with Crippen LogP contribution < -0.4 is 5.32 Å². The molecule has 116 valence electrons. The van der Waals surface area contributed by atoms with Crippen LogP contribution >= 0.6 is 0 Å². The average molecular weight is 301 g/mol. The molecule has 22 heavy (non-hydrogen) atoms. The molecule has 1 heterocycles. The third-order valence-electron chi connectivity index (χ3n) is 3.12. The number of esters is 1. The summed E-state index contributed by atoms with van der Waals surface area (Å²) in [6.07, 6.45) is 4.55. The van der Waals surface area contributed by atoms with Crippen LogP contribution in [0.1, 0.15) is 18.7 Å². The Kier molecular flexibility index (Phi) is 5.71. The van der Waals surface area contributed by atoms with Gasteiger partial charge in [-0.15, -0.1) is 0 Å². The SMILES string of the molecule is COC(=O)/C=C/CCNC(=O)CCc1nc2ccccc2[nH]1. The number of aromatic nitrogens is 2. The van der Waals surface area contributed by atoms with Gasteiger partial charge in [0.2, 0.25) is 5.91 Å². The monoisotopic (exact) mass is 301 g/mol. The van der Waals surface area contributed by atoms with E-state index in [1.807, 2.05) is 24.3 Å². The van der Waals surface area contributed by atoms with Crippen molar-refractivity contribution in [3.05, 3.63) is 42.2 Å². The molecule has 1 aromatic carbocycles. The fraction of sp³-hybridized carbons (Fsp3) is 0.312. The van der Waals surface area contributed by atoms with Crippen molar-refractivity contribution in [1.29, 1.82) is 0 Å². The minimum Gasteiger partial charge on any atom is -0.466 e. The molecule has 0 saturated heterocycles. The first-order valence-electron chi connectivity index (χ1n) is 7.14. The maximum Gasteiger partial charge on any atom is 0.330 e. The van der Waals surface area contributed by atoms with Gasteiger partial charge in [0.15, 0.2) is 0 Å². The lowest BCUT2D eigenvalue weighted by atomic mass is 10.3. The predicted molar refractivity (Wildman–Crippen MR) is 83.2 cm³/mol. The van der Waals surface area contributed by atoms with Gasteiger partial charge in [-0.3, -0.25) is 4.79 Å². The first-order chi connectivity index (χ1) is 10.7. The number of rotatable bonds is 7. The van der Waals surface area contributed by atoms with Gasteiger partial charge in [0.1, 0.15) is 5.82 Å². The quantitative estimate of drug-likeness (QED) is 0.463. The van der Waals surface area contributed by atoms with Crippen molar-refractivity contribution < 1.29 is 14.3 Å². The van der Waals surface area contributed by atoms with E-state index in [1.54, 1.807) is 6.08 Å². The Morgan fingerprint density at radius 2 is 2.18 bits per heavy atom. The summed E-state index contributed by atoms with van der Waals surface area (Å²) < 4.78 is 4.47. The van der Waals surface area contributed by atoms with Crippen molar-refractivity contribution >= 4 is 22.9 Å². The van der Waals surface area contributed by atoms with Gasteiger partial charge in [0.05, 0.1) is 18.1 Å². The second-order valence-electron chi connectivity index (χ2n) is 4.76. The Bertz CT molecular complexity index is 643. The lowest BCUT2D eigenvalue weighted by molar-refractivity contribution is -0.134. The molecule has 2 rings (SSSR count). The predicted octanol–water partition coefficient (Wildman–Crippen LogP) is 1.73. The number of carbonyl (C=O) groups excluding carboxylic acids is 2. The number of ether oxygens (including phenoxy) is 1. The number of H-pyrrole nitrogens is 1. The molecule has 0 spiro atoms. The van der Waals surface area contributed by atoms with Gasteiger partial charge in [-0.05, 0) is 18.6 Å². The van der Waals surface area contributed by atoms with E-state index in [0.29, 0.717) is 25.8 Å². The van der Waals surface area contributed by atoms with E-state index in [1.165, 1.54) is 13.2 Å². The molecule has 0 fully saturated rings. The zero-order valence-corrected chi connectivity index (χ0v) is 12.5. The van der Waals surface area contributed by atoms with Gasteiger partial charge >= 0.3 is 5.97 Å². The number of aromatic amines is 1. The summed E-state index contributed by atoms with van der Waals surface area (Å²) in [7, 11) is 1.33. The summed E-state index contributed by atoms with van der Waals surface area (Å²) in [5.74, 6) is 0.380.